The molecule has 1 aromatic rings. The highest BCUT2D eigenvalue weighted by molar-refractivity contribution is 6.30. The number of benzene rings is 1. The quantitative estimate of drug-likeness (QED) is 0.903. The summed E-state index contributed by atoms with van der Waals surface area (Å²) >= 11 is 5.93. The van der Waals surface area contributed by atoms with Crippen LogP contribution in [0.4, 0.5) is 0 Å². The van der Waals surface area contributed by atoms with Gasteiger partial charge in [0.25, 0.3) is 0 Å². The van der Waals surface area contributed by atoms with Gasteiger partial charge in [0.1, 0.15) is 11.9 Å². The van der Waals surface area contributed by atoms with Gasteiger partial charge in [-0.1, -0.05) is 17.7 Å². The lowest BCUT2D eigenvalue weighted by Gasteiger charge is -2.13. The summed E-state index contributed by atoms with van der Waals surface area (Å²) in [4.78, 5) is 11.9. The van der Waals surface area contributed by atoms with Crippen LogP contribution in [0.15, 0.2) is 18.2 Å². The lowest BCUT2D eigenvalue weighted by atomic mass is 10.2. The zero-order valence-corrected chi connectivity index (χ0v) is 11.7. The van der Waals surface area contributed by atoms with Gasteiger partial charge in [0.05, 0.1) is 6.61 Å². The zero-order valence-electron chi connectivity index (χ0n) is 10.9. The maximum absolute atomic E-state index is 11.9. The van der Waals surface area contributed by atoms with Gasteiger partial charge in [-0.3, -0.25) is 4.79 Å². The van der Waals surface area contributed by atoms with Crippen LogP contribution in [-0.4, -0.2) is 25.2 Å². The number of ether oxygens (including phenoxy) is 2. The van der Waals surface area contributed by atoms with E-state index in [2.05, 4.69) is 5.32 Å². The first kappa shape index (κ1) is 14.2. The molecule has 0 aliphatic carbocycles. The van der Waals surface area contributed by atoms with E-state index in [1.54, 1.807) is 12.1 Å². The van der Waals surface area contributed by atoms with Crippen molar-refractivity contribution in [3.8, 4) is 5.75 Å². The molecule has 1 aliphatic heterocycles. The summed E-state index contributed by atoms with van der Waals surface area (Å²) in [5.41, 5.74) is 0.914. The monoisotopic (exact) mass is 283 g/mol. The van der Waals surface area contributed by atoms with Crippen LogP contribution < -0.4 is 10.1 Å². The van der Waals surface area contributed by atoms with Crippen molar-refractivity contribution in [3.05, 3.63) is 28.8 Å². The fraction of sp³-hybridized carbons (Fsp3) is 0.500. The number of hydrogen-bond acceptors (Lipinski definition) is 3. The van der Waals surface area contributed by atoms with Gasteiger partial charge in [-0.05, 0) is 31.9 Å². The summed E-state index contributed by atoms with van der Waals surface area (Å²) < 4.78 is 10.8. The minimum atomic E-state index is -0.303. The molecule has 2 rings (SSSR count). The van der Waals surface area contributed by atoms with Crippen molar-refractivity contribution >= 4 is 17.5 Å². The van der Waals surface area contributed by atoms with E-state index < -0.39 is 0 Å². The zero-order chi connectivity index (χ0) is 13.7. The van der Waals surface area contributed by atoms with Crippen LogP contribution in [0.1, 0.15) is 25.3 Å². The van der Waals surface area contributed by atoms with Crippen LogP contribution in [0.3, 0.4) is 0 Å². The van der Waals surface area contributed by atoms with Crippen LogP contribution in [0.2, 0.25) is 5.02 Å². The highest BCUT2D eigenvalue weighted by Gasteiger charge is 2.23. The Balaban J connectivity index is 1.96. The predicted octanol–water partition coefficient (Wildman–Crippen LogP) is 2.53. The second kappa shape index (κ2) is 6.78. The molecule has 1 atom stereocenters. The van der Waals surface area contributed by atoms with E-state index in [9.17, 15) is 4.79 Å². The smallest absolute Gasteiger partial charge is 0.249 e. The Morgan fingerprint density at radius 2 is 2.42 bits per heavy atom. The lowest BCUT2D eigenvalue weighted by molar-refractivity contribution is -0.130. The number of amides is 1. The summed E-state index contributed by atoms with van der Waals surface area (Å²) in [6.07, 6.45) is 1.44. The molecule has 0 radical (unpaired) electrons. The topological polar surface area (TPSA) is 47.6 Å². The fourth-order valence-corrected chi connectivity index (χ4v) is 2.21. The van der Waals surface area contributed by atoms with Crippen molar-refractivity contribution in [1.82, 2.24) is 5.32 Å². The van der Waals surface area contributed by atoms with Crippen LogP contribution in [-0.2, 0) is 16.1 Å². The first-order chi connectivity index (χ1) is 9.20. The molecular weight excluding hydrogens is 266 g/mol. The first-order valence-corrected chi connectivity index (χ1v) is 6.89. The fourth-order valence-electron chi connectivity index (χ4n) is 2.04. The number of hydrogen-bond donors (Lipinski definition) is 1. The van der Waals surface area contributed by atoms with Crippen molar-refractivity contribution in [2.24, 2.45) is 0 Å². The van der Waals surface area contributed by atoms with Gasteiger partial charge in [0, 0.05) is 23.7 Å². The van der Waals surface area contributed by atoms with Gasteiger partial charge in [-0.2, -0.15) is 0 Å². The Labute approximate surface area is 118 Å². The highest BCUT2D eigenvalue weighted by atomic mass is 35.5. The second-order valence-electron chi connectivity index (χ2n) is 4.40. The van der Waals surface area contributed by atoms with Crippen molar-refractivity contribution in [1.29, 1.82) is 0 Å². The third kappa shape index (κ3) is 3.85. The molecule has 0 aromatic heterocycles. The standard InChI is InChI=1S/C14H18ClNO3/c1-2-18-13-8-11(15)6-5-10(13)9-16-14(17)12-4-3-7-19-12/h5-6,8,12H,2-4,7,9H2,1H3,(H,16,17). The molecule has 0 spiro atoms. The van der Waals surface area contributed by atoms with Gasteiger partial charge < -0.3 is 14.8 Å². The van der Waals surface area contributed by atoms with E-state index in [1.807, 2.05) is 13.0 Å². The summed E-state index contributed by atoms with van der Waals surface area (Å²) in [6, 6.07) is 5.42. The molecule has 1 aromatic carbocycles. The molecule has 1 unspecified atom stereocenters. The first-order valence-electron chi connectivity index (χ1n) is 6.51. The van der Waals surface area contributed by atoms with E-state index in [-0.39, 0.29) is 12.0 Å². The molecule has 1 N–H and O–H groups in total. The van der Waals surface area contributed by atoms with Crippen LogP contribution in [0.25, 0.3) is 0 Å². The molecule has 1 heterocycles. The molecule has 104 valence electrons. The SMILES string of the molecule is CCOc1cc(Cl)ccc1CNC(=O)C1CCCO1. The Bertz CT molecular complexity index is 444. The number of nitrogens with one attached hydrogen (secondary N) is 1. The van der Waals surface area contributed by atoms with Gasteiger partial charge in [0.2, 0.25) is 5.91 Å². The molecule has 1 saturated heterocycles. The van der Waals surface area contributed by atoms with Crippen LogP contribution in [0, 0.1) is 0 Å². The van der Waals surface area contributed by atoms with Gasteiger partial charge in [0.15, 0.2) is 0 Å². The highest BCUT2D eigenvalue weighted by Crippen LogP contribution is 2.23. The summed E-state index contributed by atoms with van der Waals surface area (Å²) in [5, 5.41) is 3.49. The third-order valence-electron chi connectivity index (χ3n) is 3.00. The molecular formula is C14H18ClNO3. The van der Waals surface area contributed by atoms with E-state index in [1.165, 1.54) is 0 Å². The second-order valence-corrected chi connectivity index (χ2v) is 4.84. The Morgan fingerprint density at radius 1 is 1.58 bits per heavy atom. The third-order valence-corrected chi connectivity index (χ3v) is 3.24. The molecule has 4 nitrogen and oxygen atoms in total. The molecule has 0 bridgehead atoms. The average molecular weight is 284 g/mol. The molecule has 1 fully saturated rings. The van der Waals surface area contributed by atoms with Crippen LogP contribution >= 0.6 is 11.6 Å². The lowest BCUT2D eigenvalue weighted by Crippen LogP contribution is -2.33. The van der Waals surface area contributed by atoms with E-state index in [0.717, 1.165) is 18.4 Å². The Morgan fingerprint density at radius 3 is 3.11 bits per heavy atom. The Kier molecular flexibility index (Phi) is 5.05. The summed E-state index contributed by atoms with van der Waals surface area (Å²) in [6.45, 7) is 3.57. The number of rotatable bonds is 5. The maximum Gasteiger partial charge on any atom is 0.249 e. The minimum Gasteiger partial charge on any atom is -0.493 e. The molecule has 1 amide bonds. The predicted molar refractivity (Wildman–Crippen MR) is 73.4 cm³/mol. The summed E-state index contributed by atoms with van der Waals surface area (Å²) in [7, 11) is 0. The molecule has 19 heavy (non-hydrogen) atoms. The van der Waals surface area contributed by atoms with Crippen molar-refractivity contribution in [2.75, 3.05) is 13.2 Å². The summed E-state index contributed by atoms with van der Waals surface area (Å²) in [5.74, 6) is 0.650. The van der Waals surface area contributed by atoms with Gasteiger partial charge >= 0.3 is 0 Å². The Hall–Kier alpha value is -1.26. The normalized spacial score (nSPS) is 18.3. The van der Waals surface area contributed by atoms with Crippen molar-refractivity contribution in [3.63, 3.8) is 0 Å². The van der Waals surface area contributed by atoms with Crippen molar-refractivity contribution < 1.29 is 14.3 Å². The van der Waals surface area contributed by atoms with Crippen molar-refractivity contribution in [2.45, 2.75) is 32.4 Å². The largest absolute Gasteiger partial charge is 0.493 e. The van der Waals surface area contributed by atoms with Gasteiger partial charge in [-0.15, -0.1) is 0 Å². The average Bonchev–Trinajstić information content (AvgIpc) is 2.92. The number of carbonyl (C=O) groups excluding carboxylic acids is 1. The molecule has 5 heteroatoms. The van der Waals surface area contributed by atoms with E-state index in [4.69, 9.17) is 21.1 Å². The van der Waals surface area contributed by atoms with Crippen LogP contribution in [0.5, 0.6) is 5.75 Å². The number of carbonyl (C=O) groups is 1. The maximum atomic E-state index is 11.9. The van der Waals surface area contributed by atoms with Gasteiger partial charge in [-0.25, -0.2) is 0 Å². The number of halogens is 1. The van der Waals surface area contributed by atoms with E-state index >= 15 is 0 Å². The van der Waals surface area contributed by atoms with E-state index in [0.29, 0.717) is 30.5 Å². The molecule has 1 aliphatic rings. The molecule has 0 saturated carbocycles. The minimum absolute atomic E-state index is 0.0603.